The normalized spacial score (nSPS) is 14.5. The number of esters is 3. The number of rotatable bonds is 15. The first kappa shape index (κ1) is 34.3. The topological polar surface area (TPSA) is 140 Å². The molecule has 0 spiro atoms. The average molecular weight is 586 g/mol. The molecule has 0 aromatic heterocycles. The van der Waals surface area contributed by atoms with E-state index < -0.39 is 42.3 Å². The fourth-order valence-corrected chi connectivity index (χ4v) is 3.92. The van der Waals surface area contributed by atoms with Crippen LogP contribution in [0.4, 0.5) is 4.79 Å². The van der Waals surface area contributed by atoms with E-state index in [2.05, 4.69) is 0 Å². The van der Waals surface area contributed by atoms with Crippen molar-refractivity contribution in [3.63, 3.8) is 0 Å². The van der Waals surface area contributed by atoms with Crippen LogP contribution in [0, 0.1) is 11.8 Å². The summed E-state index contributed by atoms with van der Waals surface area (Å²) in [7, 11) is 0. The molecule has 0 amide bonds. The summed E-state index contributed by atoms with van der Waals surface area (Å²) in [4.78, 5) is 50.0. The van der Waals surface area contributed by atoms with Crippen molar-refractivity contribution in [1.29, 1.82) is 0 Å². The van der Waals surface area contributed by atoms with Crippen LogP contribution in [0.1, 0.15) is 72.8 Å². The summed E-state index contributed by atoms with van der Waals surface area (Å²) < 4.78 is 26.9. The van der Waals surface area contributed by atoms with Gasteiger partial charge in [0, 0.05) is 0 Å². The Morgan fingerprint density at radius 2 is 1.24 bits per heavy atom. The molecule has 42 heavy (non-hydrogen) atoms. The van der Waals surface area contributed by atoms with Gasteiger partial charge in [-0.25, -0.2) is 4.79 Å². The predicted octanol–water partition coefficient (Wildman–Crippen LogP) is 5.78. The fourth-order valence-electron chi connectivity index (χ4n) is 3.92. The van der Waals surface area contributed by atoms with E-state index in [1.807, 2.05) is 13.8 Å². The lowest BCUT2D eigenvalue weighted by molar-refractivity contribution is -0.155. The van der Waals surface area contributed by atoms with Crippen molar-refractivity contribution in [2.24, 2.45) is 17.6 Å². The largest absolute Gasteiger partial charge is 0.514 e. The number of carbonyl (C=O) groups excluding carboxylic acids is 4. The second-order valence-corrected chi connectivity index (χ2v) is 10.4. The molecule has 0 bridgehead atoms. The van der Waals surface area contributed by atoms with Crippen LogP contribution in [-0.4, -0.2) is 42.3 Å². The summed E-state index contributed by atoms with van der Waals surface area (Å²) in [6, 6.07) is 12.0. The van der Waals surface area contributed by atoms with Gasteiger partial charge in [-0.2, -0.15) is 0 Å². The maximum absolute atomic E-state index is 12.7. The number of para-hydroxylation sites is 1. The van der Waals surface area contributed by atoms with Crippen molar-refractivity contribution in [2.75, 3.05) is 0 Å². The summed E-state index contributed by atoms with van der Waals surface area (Å²) in [6.45, 7) is 10.6. The summed E-state index contributed by atoms with van der Waals surface area (Å²) in [5.74, 6) is -1.77. The first-order valence-electron chi connectivity index (χ1n) is 14.4. The average Bonchev–Trinajstić information content (AvgIpc) is 2.94. The predicted molar refractivity (Wildman–Crippen MR) is 156 cm³/mol. The summed E-state index contributed by atoms with van der Waals surface area (Å²) in [6.07, 6.45) is 0.427. The number of benzene rings is 2. The number of ether oxygens (including phenoxy) is 5. The standard InChI is InChI=1S/C32H43NO9/c1-7-12-20(3)29(34)41-27-17-16-24(19-28(27)42-30(35)21(4)13-8-2)18-26(33)31(36)38-22(5)23(6)39-32(37)40-25-14-10-9-11-15-25/h9-11,14-17,19-23,26H,7-8,12-13,18,33H2,1-6H3/t20?,21?,22-,23-,26-/m0/s1. The van der Waals surface area contributed by atoms with Gasteiger partial charge < -0.3 is 29.4 Å². The van der Waals surface area contributed by atoms with Gasteiger partial charge in [0.05, 0.1) is 11.8 Å². The Morgan fingerprint density at radius 1 is 0.690 bits per heavy atom. The van der Waals surface area contributed by atoms with Gasteiger partial charge in [-0.1, -0.05) is 64.8 Å². The van der Waals surface area contributed by atoms with Crippen LogP contribution in [0.15, 0.2) is 48.5 Å². The van der Waals surface area contributed by atoms with Crippen LogP contribution >= 0.6 is 0 Å². The lowest BCUT2D eigenvalue weighted by atomic mass is 10.0. The molecule has 2 aromatic carbocycles. The molecular weight excluding hydrogens is 542 g/mol. The van der Waals surface area contributed by atoms with Crippen molar-refractivity contribution in [3.8, 4) is 17.2 Å². The van der Waals surface area contributed by atoms with Gasteiger partial charge in [-0.05, 0) is 62.9 Å². The highest BCUT2D eigenvalue weighted by Crippen LogP contribution is 2.31. The van der Waals surface area contributed by atoms with E-state index in [9.17, 15) is 19.2 Å². The summed E-state index contributed by atoms with van der Waals surface area (Å²) >= 11 is 0. The minimum absolute atomic E-state index is 0.0480. The van der Waals surface area contributed by atoms with Crippen LogP contribution in [0.5, 0.6) is 17.2 Å². The number of carbonyl (C=O) groups is 4. The molecule has 0 fully saturated rings. The third-order valence-electron chi connectivity index (χ3n) is 6.63. The van der Waals surface area contributed by atoms with E-state index in [1.54, 1.807) is 64.1 Å². The minimum Gasteiger partial charge on any atom is -0.458 e. The van der Waals surface area contributed by atoms with E-state index in [1.165, 1.54) is 12.1 Å². The van der Waals surface area contributed by atoms with Crippen molar-refractivity contribution in [2.45, 2.75) is 91.9 Å². The zero-order valence-corrected chi connectivity index (χ0v) is 25.3. The summed E-state index contributed by atoms with van der Waals surface area (Å²) in [5.41, 5.74) is 6.70. The monoisotopic (exact) mass is 585 g/mol. The smallest absolute Gasteiger partial charge is 0.458 e. The molecule has 5 atom stereocenters. The Kier molecular flexibility index (Phi) is 14.0. The van der Waals surface area contributed by atoms with Gasteiger partial charge in [0.15, 0.2) is 11.5 Å². The Hall–Kier alpha value is -3.92. The first-order chi connectivity index (χ1) is 19.9. The minimum atomic E-state index is -1.07. The van der Waals surface area contributed by atoms with Crippen molar-refractivity contribution < 1.29 is 42.9 Å². The maximum Gasteiger partial charge on any atom is 0.514 e. The number of nitrogens with two attached hydrogens (primary N) is 1. The molecule has 2 rings (SSSR count). The molecule has 0 aliphatic carbocycles. The van der Waals surface area contributed by atoms with E-state index in [4.69, 9.17) is 29.4 Å². The van der Waals surface area contributed by atoms with E-state index in [0.29, 0.717) is 24.2 Å². The lowest BCUT2D eigenvalue weighted by Crippen LogP contribution is -2.39. The maximum atomic E-state index is 12.7. The van der Waals surface area contributed by atoms with E-state index >= 15 is 0 Å². The Labute approximate surface area is 247 Å². The second-order valence-electron chi connectivity index (χ2n) is 10.4. The number of hydrogen-bond acceptors (Lipinski definition) is 10. The Balaban J connectivity index is 2.06. The molecular formula is C32H43NO9. The molecule has 0 heterocycles. The summed E-state index contributed by atoms with van der Waals surface area (Å²) in [5, 5.41) is 0. The SMILES string of the molecule is CCCC(C)C(=O)Oc1ccc(C[C@H](N)C(=O)O[C@@H](C)[C@H](C)OC(=O)Oc2ccccc2)cc1OC(=O)C(C)CCC. The molecule has 2 unspecified atom stereocenters. The van der Waals surface area contributed by atoms with Gasteiger partial charge in [0.2, 0.25) is 0 Å². The van der Waals surface area contributed by atoms with Gasteiger partial charge in [0.1, 0.15) is 24.0 Å². The molecule has 0 saturated heterocycles. The van der Waals surface area contributed by atoms with Gasteiger partial charge in [-0.15, -0.1) is 0 Å². The molecule has 10 heteroatoms. The molecule has 0 saturated carbocycles. The molecule has 0 aliphatic heterocycles. The lowest BCUT2D eigenvalue weighted by Gasteiger charge is -2.22. The van der Waals surface area contributed by atoms with Crippen LogP contribution < -0.4 is 19.9 Å². The van der Waals surface area contributed by atoms with Gasteiger partial charge in [0.25, 0.3) is 0 Å². The van der Waals surface area contributed by atoms with Gasteiger partial charge in [-0.3, -0.25) is 14.4 Å². The first-order valence-corrected chi connectivity index (χ1v) is 14.4. The highest BCUT2D eigenvalue weighted by atomic mass is 16.7. The van der Waals surface area contributed by atoms with Gasteiger partial charge >= 0.3 is 24.1 Å². The highest BCUT2D eigenvalue weighted by molar-refractivity contribution is 5.79. The molecule has 0 aliphatic rings. The van der Waals surface area contributed by atoms with Crippen molar-refractivity contribution >= 4 is 24.1 Å². The third-order valence-corrected chi connectivity index (χ3v) is 6.63. The van der Waals surface area contributed by atoms with Crippen molar-refractivity contribution in [1.82, 2.24) is 0 Å². The van der Waals surface area contributed by atoms with Crippen LogP contribution in [0.2, 0.25) is 0 Å². The third kappa shape index (κ3) is 11.2. The van der Waals surface area contributed by atoms with Crippen LogP contribution in [-0.2, 0) is 30.3 Å². The van der Waals surface area contributed by atoms with Crippen LogP contribution in [0.3, 0.4) is 0 Å². The fraction of sp³-hybridized carbons (Fsp3) is 0.500. The quantitative estimate of drug-likeness (QED) is 0.155. The second kappa shape index (κ2) is 17.1. The Bertz CT molecular complexity index is 1180. The number of hydrogen-bond donors (Lipinski definition) is 1. The molecule has 2 aromatic rings. The molecule has 230 valence electrons. The zero-order chi connectivity index (χ0) is 31.2. The van der Waals surface area contributed by atoms with Crippen molar-refractivity contribution in [3.05, 3.63) is 54.1 Å². The molecule has 0 radical (unpaired) electrons. The van der Waals surface area contributed by atoms with E-state index in [-0.39, 0.29) is 29.8 Å². The highest BCUT2D eigenvalue weighted by Gasteiger charge is 2.26. The molecule has 2 N–H and O–H groups in total. The molecule has 10 nitrogen and oxygen atoms in total. The zero-order valence-electron chi connectivity index (χ0n) is 25.3. The van der Waals surface area contributed by atoms with Crippen LogP contribution in [0.25, 0.3) is 0 Å². The van der Waals surface area contributed by atoms with E-state index in [0.717, 1.165) is 12.8 Å². The Morgan fingerprint density at radius 3 is 1.81 bits per heavy atom.